The van der Waals surface area contributed by atoms with Gasteiger partial charge in [-0.05, 0) is 38.5 Å². The van der Waals surface area contributed by atoms with Crippen LogP contribution < -0.4 is 5.73 Å². The van der Waals surface area contributed by atoms with Crippen molar-refractivity contribution in [3.8, 4) is 0 Å². The fourth-order valence-corrected chi connectivity index (χ4v) is 8.34. The Morgan fingerprint density at radius 1 is 0.483 bits per heavy atom. The average molecular weight is 872 g/mol. The number of phosphoric acid groups is 1. The van der Waals surface area contributed by atoms with Gasteiger partial charge in [-0.25, -0.2) is 4.57 Å². The number of phosphoric ester groups is 1. The van der Waals surface area contributed by atoms with E-state index in [2.05, 4.69) is 26.0 Å². The lowest BCUT2D eigenvalue weighted by Gasteiger charge is -2.19. The molecule has 0 radical (unpaired) electrons. The second kappa shape index (κ2) is 47.2. The van der Waals surface area contributed by atoms with Crippen LogP contribution in [0, 0.1) is 0 Å². The summed E-state index contributed by atoms with van der Waals surface area (Å²) in [6.45, 7) is 3.79. The van der Waals surface area contributed by atoms with Crippen molar-refractivity contribution < 1.29 is 37.6 Å². The number of nitrogens with two attached hydrogens (primary N) is 1. The van der Waals surface area contributed by atoms with E-state index in [1.807, 2.05) is 0 Å². The molecule has 10 heteroatoms. The lowest BCUT2D eigenvalue weighted by molar-refractivity contribution is -0.161. The van der Waals surface area contributed by atoms with E-state index < -0.39 is 26.5 Å². The first kappa shape index (κ1) is 58.8. The minimum Gasteiger partial charge on any atom is -0.462 e. The summed E-state index contributed by atoms with van der Waals surface area (Å²) in [7, 11) is -4.38. The summed E-state index contributed by atoms with van der Waals surface area (Å²) in [4.78, 5) is 35.0. The summed E-state index contributed by atoms with van der Waals surface area (Å²) in [5, 5.41) is 0. The number of allylic oxidation sites excluding steroid dienone is 2. The monoisotopic (exact) mass is 872 g/mol. The van der Waals surface area contributed by atoms with Crippen molar-refractivity contribution in [1.82, 2.24) is 0 Å². The van der Waals surface area contributed by atoms with Crippen molar-refractivity contribution in [1.29, 1.82) is 0 Å². The predicted octanol–water partition coefficient (Wildman–Crippen LogP) is 15.3. The summed E-state index contributed by atoms with van der Waals surface area (Å²) < 4.78 is 32.9. The SMILES string of the molecule is CCCCCCCCCC/C=C\CCCCCCCCCCCC(=O)OC(COC(=O)CCCCCCCCCCCCCCCCCCCC)COP(=O)(O)OCCN. The molecule has 9 nitrogen and oxygen atoms in total. The maximum absolute atomic E-state index is 12.6. The summed E-state index contributed by atoms with van der Waals surface area (Å²) in [6, 6.07) is 0. The number of rotatable bonds is 49. The van der Waals surface area contributed by atoms with Gasteiger partial charge in [0, 0.05) is 19.4 Å². The largest absolute Gasteiger partial charge is 0.472 e. The number of carbonyl (C=O) groups is 2. The van der Waals surface area contributed by atoms with E-state index >= 15 is 0 Å². The normalized spacial score (nSPS) is 13.2. The highest BCUT2D eigenvalue weighted by Gasteiger charge is 2.26. The Kier molecular flexibility index (Phi) is 46.3. The van der Waals surface area contributed by atoms with Gasteiger partial charge >= 0.3 is 19.8 Å². The molecule has 356 valence electrons. The number of ether oxygens (including phenoxy) is 2. The second-order valence-electron chi connectivity index (χ2n) is 17.4. The van der Waals surface area contributed by atoms with Crippen molar-refractivity contribution in [3.05, 3.63) is 12.2 Å². The summed E-state index contributed by atoms with van der Waals surface area (Å²) in [5.74, 6) is -0.814. The highest BCUT2D eigenvalue weighted by atomic mass is 31.2. The van der Waals surface area contributed by atoms with Crippen molar-refractivity contribution in [2.45, 2.75) is 270 Å². The molecule has 0 amide bonds. The number of unbranched alkanes of at least 4 members (excludes halogenated alkanes) is 34. The van der Waals surface area contributed by atoms with E-state index in [0.717, 1.165) is 38.5 Å². The maximum atomic E-state index is 12.6. The van der Waals surface area contributed by atoms with Crippen LogP contribution in [0.15, 0.2) is 12.2 Å². The number of esters is 2. The van der Waals surface area contributed by atoms with Gasteiger partial charge in [0.1, 0.15) is 6.61 Å². The van der Waals surface area contributed by atoms with Crippen LogP contribution in [0.3, 0.4) is 0 Å². The van der Waals surface area contributed by atoms with Gasteiger partial charge in [-0.15, -0.1) is 0 Å². The first-order valence-corrected chi connectivity index (χ1v) is 27.2. The minimum absolute atomic E-state index is 0.0563. The van der Waals surface area contributed by atoms with Gasteiger partial charge in [0.25, 0.3) is 0 Å². The molecule has 0 aliphatic rings. The third-order valence-electron chi connectivity index (χ3n) is 11.4. The van der Waals surface area contributed by atoms with E-state index in [-0.39, 0.29) is 38.6 Å². The second-order valence-corrected chi connectivity index (χ2v) is 18.9. The van der Waals surface area contributed by atoms with Crippen LogP contribution in [-0.2, 0) is 32.7 Å². The van der Waals surface area contributed by atoms with Gasteiger partial charge in [0.05, 0.1) is 13.2 Å². The van der Waals surface area contributed by atoms with Crippen molar-refractivity contribution in [3.63, 3.8) is 0 Å². The molecule has 0 aliphatic heterocycles. The zero-order valence-electron chi connectivity index (χ0n) is 39.5. The molecule has 0 aliphatic carbocycles. The van der Waals surface area contributed by atoms with E-state index in [0.29, 0.717) is 6.42 Å². The van der Waals surface area contributed by atoms with Gasteiger partial charge in [-0.2, -0.15) is 0 Å². The highest BCUT2D eigenvalue weighted by molar-refractivity contribution is 7.47. The molecule has 0 saturated heterocycles. The fourth-order valence-electron chi connectivity index (χ4n) is 7.57. The van der Waals surface area contributed by atoms with Gasteiger partial charge in [-0.1, -0.05) is 225 Å². The molecule has 0 aromatic rings. The number of hydrogen-bond acceptors (Lipinski definition) is 8. The third kappa shape index (κ3) is 46.3. The zero-order chi connectivity index (χ0) is 43.9. The summed E-state index contributed by atoms with van der Waals surface area (Å²) in [6.07, 6.45) is 51.0. The third-order valence-corrected chi connectivity index (χ3v) is 12.4. The first-order chi connectivity index (χ1) is 29.3. The number of carbonyl (C=O) groups excluding carboxylic acids is 2. The van der Waals surface area contributed by atoms with E-state index in [4.69, 9.17) is 24.3 Å². The Labute approximate surface area is 370 Å². The Balaban J connectivity index is 4.01. The van der Waals surface area contributed by atoms with E-state index in [1.54, 1.807) is 0 Å². The molecule has 0 aromatic carbocycles. The molecule has 0 bridgehead atoms. The van der Waals surface area contributed by atoms with Crippen LogP contribution in [0.25, 0.3) is 0 Å². The fraction of sp³-hybridized carbons (Fsp3) is 0.920. The van der Waals surface area contributed by atoms with Gasteiger partial charge in [0.2, 0.25) is 0 Å². The molecule has 2 atom stereocenters. The van der Waals surface area contributed by atoms with Crippen LogP contribution in [0.2, 0.25) is 0 Å². The summed E-state index contributed by atoms with van der Waals surface area (Å²) >= 11 is 0. The molecule has 3 N–H and O–H groups in total. The van der Waals surface area contributed by atoms with Crippen LogP contribution in [0.5, 0.6) is 0 Å². The predicted molar refractivity (Wildman–Crippen MR) is 252 cm³/mol. The molecule has 0 fully saturated rings. The van der Waals surface area contributed by atoms with Crippen molar-refractivity contribution >= 4 is 19.8 Å². The molecule has 2 unspecified atom stereocenters. The van der Waals surface area contributed by atoms with Crippen molar-refractivity contribution in [2.75, 3.05) is 26.4 Å². The van der Waals surface area contributed by atoms with Crippen molar-refractivity contribution in [2.24, 2.45) is 5.73 Å². The molecule has 0 saturated carbocycles. The van der Waals surface area contributed by atoms with Crippen LogP contribution in [0.4, 0.5) is 0 Å². The molecular formula is C50H98NO8P. The van der Waals surface area contributed by atoms with Crippen LogP contribution >= 0.6 is 7.82 Å². The first-order valence-electron chi connectivity index (χ1n) is 25.7. The Hall–Kier alpha value is -1.25. The lowest BCUT2D eigenvalue weighted by atomic mass is 10.0. The molecule has 0 aromatic heterocycles. The Morgan fingerprint density at radius 3 is 1.18 bits per heavy atom. The average Bonchev–Trinajstić information content (AvgIpc) is 3.24. The minimum atomic E-state index is -4.38. The zero-order valence-corrected chi connectivity index (χ0v) is 40.4. The lowest BCUT2D eigenvalue weighted by Crippen LogP contribution is -2.29. The number of hydrogen-bond donors (Lipinski definition) is 2. The van der Waals surface area contributed by atoms with Crippen LogP contribution in [-0.4, -0.2) is 49.3 Å². The molecule has 60 heavy (non-hydrogen) atoms. The van der Waals surface area contributed by atoms with Gasteiger partial charge < -0.3 is 20.1 Å². The maximum Gasteiger partial charge on any atom is 0.472 e. The summed E-state index contributed by atoms with van der Waals surface area (Å²) in [5.41, 5.74) is 5.37. The Bertz CT molecular complexity index is 995. The molecule has 0 spiro atoms. The smallest absolute Gasteiger partial charge is 0.462 e. The standard InChI is InChI=1S/C50H98NO8P/c1-3-5-7-9-11-13-15-17-19-21-23-24-25-27-29-31-33-35-37-39-41-43-50(53)59-48(47-58-60(54,55)57-45-44-51)46-56-49(52)42-40-38-36-34-32-30-28-26-22-20-18-16-14-12-10-8-6-4-2/h21,23,48H,3-20,22,24-47,51H2,1-2H3,(H,54,55)/b23-21-. The molecule has 0 rings (SSSR count). The quantitative estimate of drug-likeness (QED) is 0.0265. The Morgan fingerprint density at radius 2 is 0.817 bits per heavy atom. The van der Waals surface area contributed by atoms with Gasteiger partial charge in [-0.3, -0.25) is 18.6 Å². The van der Waals surface area contributed by atoms with Crippen LogP contribution in [0.1, 0.15) is 264 Å². The topological polar surface area (TPSA) is 134 Å². The molecule has 0 heterocycles. The van der Waals surface area contributed by atoms with E-state index in [1.165, 1.54) is 193 Å². The molecular weight excluding hydrogens is 774 g/mol. The van der Waals surface area contributed by atoms with Gasteiger partial charge in [0.15, 0.2) is 6.10 Å². The van der Waals surface area contributed by atoms with E-state index in [9.17, 15) is 19.0 Å². The highest BCUT2D eigenvalue weighted by Crippen LogP contribution is 2.43.